The quantitative estimate of drug-likeness (QED) is 0.435. The molecule has 0 radical (unpaired) electrons. The largest absolute Gasteiger partial charge is 0.468 e. The van der Waals surface area contributed by atoms with Gasteiger partial charge >= 0.3 is 5.97 Å². The molecule has 0 saturated heterocycles. The average molecular weight is 496 g/mol. The number of fused-ring (bicyclic) bond motifs is 1. The van der Waals surface area contributed by atoms with Gasteiger partial charge < -0.3 is 19.8 Å². The van der Waals surface area contributed by atoms with Gasteiger partial charge in [0.05, 0.1) is 32.0 Å². The van der Waals surface area contributed by atoms with Gasteiger partial charge in [-0.25, -0.2) is 4.79 Å². The summed E-state index contributed by atoms with van der Waals surface area (Å²) in [5, 5.41) is 6.13. The summed E-state index contributed by atoms with van der Waals surface area (Å²) in [5.41, 5.74) is 3.03. The van der Waals surface area contributed by atoms with Crippen molar-refractivity contribution < 1.29 is 23.5 Å². The van der Waals surface area contributed by atoms with E-state index in [1.54, 1.807) is 25.4 Å². The first-order valence-corrected chi connectivity index (χ1v) is 12.4. The Balaban J connectivity index is 1.50. The molecule has 1 aliphatic carbocycles. The summed E-state index contributed by atoms with van der Waals surface area (Å²) in [5.74, 6) is -0.0457. The molecule has 0 bridgehead atoms. The number of ether oxygens (including phenoxy) is 1. The van der Waals surface area contributed by atoms with E-state index in [9.17, 15) is 14.4 Å². The zero-order valence-corrected chi connectivity index (χ0v) is 20.7. The van der Waals surface area contributed by atoms with Gasteiger partial charge in [-0.15, -0.1) is 11.3 Å². The third-order valence-electron chi connectivity index (χ3n) is 5.99. The number of nitrogens with one attached hydrogen (secondary N) is 2. The molecule has 0 unspecified atom stereocenters. The van der Waals surface area contributed by atoms with E-state index in [0.29, 0.717) is 29.2 Å². The molecule has 3 aromatic rings. The second-order valence-corrected chi connectivity index (χ2v) is 9.56. The highest BCUT2D eigenvalue weighted by Crippen LogP contribution is 2.38. The monoisotopic (exact) mass is 495 g/mol. The topological polar surface area (TPSA) is 101 Å². The minimum Gasteiger partial charge on any atom is -0.468 e. The fraction of sp³-hybridized carbons (Fsp3) is 0.346. The van der Waals surface area contributed by atoms with Crippen LogP contribution in [0.3, 0.4) is 0 Å². The number of carbonyl (C=O) groups excluding carboxylic acids is 3. The number of anilines is 1. The molecule has 9 heteroatoms. The maximum atomic E-state index is 13.1. The predicted molar refractivity (Wildman–Crippen MR) is 134 cm³/mol. The van der Waals surface area contributed by atoms with E-state index in [0.717, 1.165) is 47.4 Å². The molecule has 2 heterocycles. The Morgan fingerprint density at radius 3 is 2.54 bits per heavy atom. The van der Waals surface area contributed by atoms with Crippen LogP contribution in [-0.4, -0.2) is 43.4 Å². The van der Waals surface area contributed by atoms with Crippen LogP contribution in [0, 0.1) is 0 Å². The van der Waals surface area contributed by atoms with Crippen LogP contribution in [0.1, 0.15) is 55.3 Å². The smallest absolute Gasteiger partial charge is 0.341 e. The third-order valence-corrected chi connectivity index (χ3v) is 7.20. The number of carbonyl (C=O) groups is 3. The van der Waals surface area contributed by atoms with Crippen molar-refractivity contribution in [2.24, 2.45) is 0 Å². The first-order chi connectivity index (χ1) is 17.0. The molecule has 1 aliphatic rings. The van der Waals surface area contributed by atoms with Crippen LogP contribution in [0.5, 0.6) is 0 Å². The molecule has 4 rings (SSSR count). The van der Waals surface area contributed by atoms with Gasteiger partial charge in [0.1, 0.15) is 10.8 Å². The maximum absolute atomic E-state index is 13.1. The zero-order valence-electron chi connectivity index (χ0n) is 19.9. The second kappa shape index (κ2) is 11.3. The number of esters is 1. The lowest BCUT2D eigenvalue weighted by atomic mass is 9.95. The number of benzene rings is 1. The lowest BCUT2D eigenvalue weighted by Crippen LogP contribution is -2.32. The predicted octanol–water partition coefficient (Wildman–Crippen LogP) is 4.01. The molecule has 2 N–H and O–H groups in total. The number of methoxy groups -OCH3 is 1. The lowest BCUT2D eigenvalue weighted by Gasteiger charge is -2.21. The summed E-state index contributed by atoms with van der Waals surface area (Å²) in [4.78, 5) is 40.6. The fourth-order valence-corrected chi connectivity index (χ4v) is 5.59. The molecule has 2 aromatic heterocycles. The van der Waals surface area contributed by atoms with Crippen LogP contribution < -0.4 is 10.6 Å². The number of aryl methyl sites for hydroxylation is 1. The van der Waals surface area contributed by atoms with E-state index in [-0.39, 0.29) is 18.4 Å². The highest BCUT2D eigenvalue weighted by molar-refractivity contribution is 7.17. The fourth-order valence-electron chi connectivity index (χ4n) is 4.30. The molecule has 0 atom stereocenters. The van der Waals surface area contributed by atoms with Crippen molar-refractivity contribution in [2.75, 3.05) is 26.0 Å². The minimum absolute atomic E-state index is 0.0983. The van der Waals surface area contributed by atoms with Crippen molar-refractivity contribution in [1.29, 1.82) is 0 Å². The highest BCUT2D eigenvalue weighted by Gasteiger charge is 2.27. The van der Waals surface area contributed by atoms with Gasteiger partial charge in [-0.1, -0.05) is 12.1 Å². The summed E-state index contributed by atoms with van der Waals surface area (Å²) in [7, 11) is 2.96. The molecule has 8 nitrogen and oxygen atoms in total. The standard InChI is InChI=1S/C26H29N3O5S/c1-27-24(31)18-11-9-17(10-12-18)14-29(15-19-6-5-13-34-19)16-22(30)28-25-23(26(32)33-2)20-7-3-4-8-21(20)35-25/h5-6,9-13H,3-4,7-8,14-16H2,1-2H3,(H,27,31)(H,28,30). The summed E-state index contributed by atoms with van der Waals surface area (Å²) in [6, 6.07) is 10.9. The second-order valence-electron chi connectivity index (χ2n) is 8.46. The van der Waals surface area contributed by atoms with Gasteiger partial charge in [0, 0.05) is 24.0 Å². The van der Waals surface area contributed by atoms with E-state index in [1.165, 1.54) is 18.4 Å². The number of amides is 2. The third kappa shape index (κ3) is 5.98. The van der Waals surface area contributed by atoms with Crippen LogP contribution in [0.15, 0.2) is 47.1 Å². The van der Waals surface area contributed by atoms with E-state index in [1.807, 2.05) is 29.2 Å². The van der Waals surface area contributed by atoms with Crippen LogP contribution in [0.4, 0.5) is 5.00 Å². The molecule has 0 saturated carbocycles. The van der Waals surface area contributed by atoms with Crippen LogP contribution in [0.2, 0.25) is 0 Å². The van der Waals surface area contributed by atoms with E-state index < -0.39 is 5.97 Å². The SMILES string of the molecule is CNC(=O)c1ccc(CN(CC(=O)Nc2sc3c(c2C(=O)OC)CCCC3)Cc2ccco2)cc1. The number of hydrogen-bond acceptors (Lipinski definition) is 7. The molecule has 1 aromatic carbocycles. The van der Waals surface area contributed by atoms with Gasteiger partial charge in [0.15, 0.2) is 0 Å². The van der Waals surface area contributed by atoms with Crippen LogP contribution in [-0.2, 0) is 35.5 Å². The average Bonchev–Trinajstić information content (AvgIpc) is 3.50. The normalized spacial score (nSPS) is 12.8. The molecule has 0 aliphatic heterocycles. The number of hydrogen-bond donors (Lipinski definition) is 2. The summed E-state index contributed by atoms with van der Waals surface area (Å²) in [6.45, 7) is 1.01. The number of rotatable bonds is 9. The number of thiophene rings is 1. The van der Waals surface area contributed by atoms with Gasteiger partial charge in [0.2, 0.25) is 5.91 Å². The van der Waals surface area contributed by atoms with E-state index >= 15 is 0 Å². The summed E-state index contributed by atoms with van der Waals surface area (Å²) < 4.78 is 10.5. The molecule has 35 heavy (non-hydrogen) atoms. The molecule has 184 valence electrons. The Morgan fingerprint density at radius 1 is 1.09 bits per heavy atom. The number of furan rings is 1. The van der Waals surface area contributed by atoms with Gasteiger partial charge in [-0.2, -0.15) is 0 Å². The lowest BCUT2D eigenvalue weighted by molar-refractivity contribution is -0.117. The van der Waals surface area contributed by atoms with E-state index in [4.69, 9.17) is 9.15 Å². The zero-order chi connectivity index (χ0) is 24.8. The first-order valence-electron chi connectivity index (χ1n) is 11.6. The molecule has 0 spiro atoms. The Hall–Kier alpha value is -3.43. The Bertz CT molecular complexity index is 1180. The molecular weight excluding hydrogens is 466 g/mol. The molecular formula is C26H29N3O5S. The molecule has 2 amide bonds. The van der Waals surface area contributed by atoms with Gasteiger partial charge in [-0.3, -0.25) is 14.5 Å². The van der Waals surface area contributed by atoms with Crippen molar-refractivity contribution in [3.8, 4) is 0 Å². The van der Waals surface area contributed by atoms with Crippen LogP contribution >= 0.6 is 11.3 Å². The Kier molecular flexibility index (Phi) is 7.99. The minimum atomic E-state index is -0.414. The molecule has 0 fully saturated rings. The number of nitrogens with zero attached hydrogens (tertiary/aromatic N) is 1. The Morgan fingerprint density at radius 2 is 1.86 bits per heavy atom. The maximum Gasteiger partial charge on any atom is 0.341 e. The van der Waals surface area contributed by atoms with Crippen LogP contribution in [0.25, 0.3) is 0 Å². The van der Waals surface area contributed by atoms with Crippen molar-refractivity contribution in [3.63, 3.8) is 0 Å². The summed E-state index contributed by atoms with van der Waals surface area (Å²) >= 11 is 1.47. The Labute approximate surface area is 208 Å². The van der Waals surface area contributed by atoms with Crippen molar-refractivity contribution in [2.45, 2.75) is 38.8 Å². The first kappa shape index (κ1) is 24.7. The highest BCUT2D eigenvalue weighted by atomic mass is 32.1. The van der Waals surface area contributed by atoms with E-state index in [2.05, 4.69) is 10.6 Å². The van der Waals surface area contributed by atoms with Crippen molar-refractivity contribution >= 4 is 34.1 Å². The van der Waals surface area contributed by atoms with Gasteiger partial charge in [-0.05, 0) is 61.1 Å². The summed E-state index contributed by atoms with van der Waals surface area (Å²) in [6.07, 6.45) is 5.44. The van der Waals surface area contributed by atoms with Crippen molar-refractivity contribution in [1.82, 2.24) is 10.2 Å². The van der Waals surface area contributed by atoms with Crippen molar-refractivity contribution in [3.05, 3.63) is 75.6 Å². The van der Waals surface area contributed by atoms with Gasteiger partial charge in [0.25, 0.3) is 5.91 Å².